The summed E-state index contributed by atoms with van der Waals surface area (Å²) < 4.78 is 5.57. The van der Waals surface area contributed by atoms with Gasteiger partial charge in [0.05, 0.1) is 0 Å². The van der Waals surface area contributed by atoms with Crippen molar-refractivity contribution in [1.82, 2.24) is 24.8 Å². The van der Waals surface area contributed by atoms with Crippen LogP contribution in [0.2, 0.25) is 0 Å². The van der Waals surface area contributed by atoms with Crippen molar-refractivity contribution in [2.75, 3.05) is 32.7 Å². The lowest BCUT2D eigenvalue weighted by Crippen LogP contribution is -2.49. The molecule has 8 heteroatoms. The fourth-order valence-corrected chi connectivity index (χ4v) is 4.16. The van der Waals surface area contributed by atoms with Gasteiger partial charge in [0.1, 0.15) is 5.75 Å². The molecule has 1 saturated heterocycles. The number of pyridine rings is 1. The maximum atomic E-state index is 12.5. The van der Waals surface area contributed by atoms with Gasteiger partial charge >= 0.3 is 6.09 Å². The highest BCUT2D eigenvalue weighted by atomic mass is 32.2. The van der Waals surface area contributed by atoms with Gasteiger partial charge in [0.2, 0.25) is 0 Å². The van der Waals surface area contributed by atoms with Gasteiger partial charge in [0.25, 0.3) is 0 Å². The Labute approximate surface area is 186 Å². The number of piperazine rings is 1. The lowest BCUT2D eigenvalue weighted by Gasteiger charge is -2.33. The number of nitrogens with one attached hydrogen (secondary N) is 1. The number of benzene rings is 1. The molecule has 1 aromatic carbocycles. The molecule has 3 aromatic rings. The zero-order valence-corrected chi connectivity index (χ0v) is 18.5. The normalized spacial score (nSPS) is 14.5. The van der Waals surface area contributed by atoms with Gasteiger partial charge in [-0.25, -0.2) is 9.78 Å². The summed E-state index contributed by atoms with van der Waals surface area (Å²) in [6.45, 7) is 6.06. The third-order valence-corrected chi connectivity index (χ3v) is 6.24. The van der Waals surface area contributed by atoms with Gasteiger partial charge in [-0.3, -0.25) is 9.88 Å². The number of hydrogen-bond acceptors (Lipinski definition) is 6. The van der Waals surface area contributed by atoms with Crippen LogP contribution in [-0.2, 0) is 12.2 Å². The summed E-state index contributed by atoms with van der Waals surface area (Å²) in [6, 6.07) is 11.8. The van der Waals surface area contributed by atoms with E-state index in [1.807, 2.05) is 43.6 Å². The fraction of sp³-hybridized carbons (Fsp3) is 0.348. The quantitative estimate of drug-likeness (QED) is 0.567. The van der Waals surface area contributed by atoms with E-state index >= 15 is 0 Å². The van der Waals surface area contributed by atoms with Crippen molar-refractivity contribution in [2.45, 2.75) is 24.3 Å². The molecule has 1 aliphatic rings. The van der Waals surface area contributed by atoms with E-state index in [4.69, 9.17) is 4.74 Å². The minimum Gasteiger partial charge on any atom is -0.410 e. The second-order valence-corrected chi connectivity index (χ2v) is 8.56. The molecule has 0 bridgehead atoms. The van der Waals surface area contributed by atoms with Crippen molar-refractivity contribution in [3.8, 4) is 5.75 Å². The number of hydrogen-bond donors (Lipinski definition) is 1. The molecule has 2 aromatic heterocycles. The number of carbonyl (C=O) groups excluding carboxylic acids is 1. The minimum atomic E-state index is -0.280. The third kappa shape index (κ3) is 6.32. The Bertz CT molecular complexity index is 953. The van der Waals surface area contributed by atoms with Gasteiger partial charge in [-0.2, -0.15) is 0 Å². The molecule has 3 heterocycles. The molecular weight excluding hydrogens is 410 g/mol. The van der Waals surface area contributed by atoms with Gasteiger partial charge in [-0.15, -0.1) is 0 Å². The zero-order valence-electron chi connectivity index (χ0n) is 17.7. The van der Waals surface area contributed by atoms with Gasteiger partial charge in [-0.05, 0) is 36.2 Å². The number of carbonyl (C=O) groups is 1. The van der Waals surface area contributed by atoms with E-state index in [1.165, 1.54) is 5.56 Å². The molecule has 162 valence electrons. The summed E-state index contributed by atoms with van der Waals surface area (Å²) in [5, 5.41) is 0.893. The zero-order chi connectivity index (χ0) is 21.5. The molecule has 0 aliphatic carbocycles. The van der Waals surface area contributed by atoms with Gasteiger partial charge in [-0.1, -0.05) is 30.0 Å². The van der Waals surface area contributed by atoms with Crippen molar-refractivity contribution >= 4 is 17.9 Å². The first-order valence-electron chi connectivity index (χ1n) is 10.5. The van der Waals surface area contributed by atoms with E-state index in [0.717, 1.165) is 48.2 Å². The summed E-state index contributed by atoms with van der Waals surface area (Å²) >= 11 is 1.63. The lowest BCUT2D eigenvalue weighted by molar-refractivity contribution is 0.111. The van der Waals surface area contributed by atoms with E-state index in [2.05, 4.69) is 32.0 Å². The highest BCUT2D eigenvalue weighted by Gasteiger charge is 2.22. The van der Waals surface area contributed by atoms with Crippen LogP contribution < -0.4 is 4.74 Å². The Kier molecular flexibility index (Phi) is 7.22. The van der Waals surface area contributed by atoms with Crippen LogP contribution in [0.1, 0.15) is 16.8 Å². The maximum Gasteiger partial charge on any atom is 0.415 e. The Morgan fingerprint density at radius 3 is 2.58 bits per heavy atom. The minimum absolute atomic E-state index is 0.280. The van der Waals surface area contributed by atoms with Crippen LogP contribution in [0, 0.1) is 6.92 Å². The summed E-state index contributed by atoms with van der Waals surface area (Å²) in [6.07, 6.45) is 6.11. The van der Waals surface area contributed by atoms with Gasteiger partial charge in [0, 0.05) is 69.2 Å². The average Bonchev–Trinajstić information content (AvgIpc) is 3.32. The molecule has 7 nitrogen and oxygen atoms in total. The average molecular weight is 438 g/mol. The molecule has 0 radical (unpaired) electrons. The summed E-state index contributed by atoms with van der Waals surface area (Å²) in [7, 11) is 0. The molecule has 1 amide bonds. The number of thioether (sulfide) groups is 1. The highest BCUT2D eigenvalue weighted by molar-refractivity contribution is 7.98. The van der Waals surface area contributed by atoms with Crippen molar-refractivity contribution in [3.63, 3.8) is 0 Å². The second-order valence-electron chi connectivity index (χ2n) is 7.60. The molecule has 0 atom stereocenters. The van der Waals surface area contributed by atoms with Gasteiger partial charge in [0.15, 0.2) is 5.16 Å². The molecular formula is C23H27N5O2S. The fourth-order valence-electron chi connectivity index (χ4n) is 3.37. The van der Waals surface area contributed by atoms with E-state index in [-0.39, 0.29) is 6.09 Å². The number of H-pyrrole nitrogens is 1. The number of aromatic amines is 1. The molecule has 0 spiro atoms. The Morgan fingerprint density at radius 1 is 1.10 bits per heavy atom. The largest absolute Gasteiger partial charge is 0.415 e. The molecule has 4 rings (SSSR count). The molecule has 0 unspecified atom stereocenters. The van der Waals surface area contributed by atoms with Crippen molar-refractivity contribution in [3.05, 3.63) is 71.8 Å². The summed E-state index contributed by atoms with van der Waals surface area (Å²) in [5.74, 6) is 1.38. The van der Waals surface area contributed by atoms with E-state index < -0.39 is 0 Å². The predicted molar refractivity (Wildman–Crippen MR) is 121 cm³/mol. The van der Waals surface area contributed by atoms with Gasteiger partial charge < -0.3 is 14.6 Å². The number of amides is 1. The standard InChI is InChI=1S/C23H27N5O2S/c1-18-2-5-20(26-16-18)8-11-27-12-14-28(15-13-27)23(29)30-21-6-3-19(4-7-21)17-31-22-24-9-10-25-22/h2-7,9-10,16H,8,11-15,17H2,1H3,(H,24,25). The number of nitrogens with zero attached hydrogens (tertiary/aromatic N) is 4. The number of ether oxygens (including phenoxy) is 1. The first-order valence-corrected chi connectivity index (χ1v) is 11.5. The topological polar surface area (TPSA) is 74.3 Å². The first-order chi connectivity index (χ1) is 15.2. The van der Waals surface area contributed by atoms with Crippen LogP contribution in [0.4, 0.5) is 4.79 Å². The van der Waals surface area contributed by atoms with Crippen LogP contribution in [0.15, 0.2) is 60.1 Å². The molecule has 31 heavy (non-hydrogen) atoms. The first kappa shape index (κ1) is 21.4. The van der Waals surface area contributed by atoms with E-state index in [9.17, 15) is 4.79 Å². The Hall–Kier alpha value is -2.84. The van der Waals surface area contributed by atoms with Crippen molar-refractivity contribution in [1.29, 1.82) is 0 Å². The van der Waals surface area contributed by atoms with E-state index in [1.54, 1.807) is 22.9 Å². The SMILES string of the molecule is Cc1ccc(CCN2CCN(C(=O)Oc3ccc(CSc4ncc[nH]4)cc3)CC2)nc1. The van der Waals surface area contributed by atoms with Crippen LogP contribution >= 0.6 is 11.8 Å². The van der Waals surface area contributed by atoms with E-state index in [0.29, 0.717) is 18.8 Å². The number of imidazole rings is 1. The Balaban J connectivity index is 1.18. The lowest BCUT2D eigenvalue weighted by atomic mass is 10.2. The second kappa shape index (κ2) is 10.5. The predicted octanol–water partition coefficient (Wildman–Crippen LogP) is 3.76. The third-order valence-electron chi connectivity index (χ3n) is 5.26. The highest BCUT2D eigenvalue weighted by Crippen LogP contribution is 2.21. The molecule has 1 N–H and O–H groups in total. The summed E-state index contributed by atoms with van der Waals surface area (Å²) in [5.41, 5.74) is 3.44. The molecule has 1 fully saturated rings. The summed E-state index contributed by atoms with van der Waals surface area (Å²) in [4.78, 5) is 28.4. The number of aryl methyl sites for hydroxylation is 1. The maximum absolute atomic E-state index is 12.5. The van der Waals surface area contributed by atoms with Crippen molar-refractivity contribution in [2.24, 2.45) is 0 Å². The monoisotopic (exact) mass is 437 g/mol. The molecule has 1 aliphatic heterocycles. The number of rotatable bonds is 7. The smallest absolute Gasteiger partial charge is 0.410 e. The number of aromatic nitrogens is 3. The van der Waals surface area contributed by atoms with Crippen LogP contribution in [0.25, 0.3) is 0 Å². The van der Waals surface area contributed by atoms with Crippen LogP contribution in [0.5, 0.6) is 5.75 Å². The Morgan fingerprint density at radius 2 is 1.90 bits per heavy atom. The molecule has 0 saturated carbocycles. The van der Waals surface area contributed by atoms with Crippen molar-refractivity contribution < 1.29 is 9.53 Å². The van der Waals surface area contributed by atoms with Crippen LogP contribution in [-0.4, -0.2) is 63.6 Å². The van der Waals surface area contributed by atoms with Crippen LogP contribution in [0.3, 0.4) is 0 Å².